The van der Waals surface area contributed by atoms with Crippen LogP contribution in [0.25, 0.3) is 22.3 Å². The summed E-state index contributed by atoms with van der Waals surface area (Å²) in [6.45, 7) is 0. The number of nitrogens with two attached hydrogens (primary N) is 1. The molecule has 0 radical (unpaired) electrons. The van der Waals surface area contributed by atoms with Crippen LogP contribution in [0.15, 0.2) is 35.0 Å². The van der Waals surface area contributed by atoms with Crippen LogP contribution in [0.5, 0.6) is 5.75 Å². The van der Waals surface area contributed by atoms with Gasteiger partial charge in [0.15, 0.2) is 5.82 Å². The van der Waals surface area contributed by atoms with Crippen molar-refractivity contribution in [1.29, 1.82) is 0 Å². The summed E-state index contributed by atoms with van der Waals surface area (Å²) in [6.07, 6.45) is 0. The van der Waals surface area contributed by atoms with Gasteiger partial charge in [-0.25, -0.2) is 9.97 Å². The van der Waals surface area contributed by atoms with E-state index in [0.717, 1.165) is 22.2 Å². The number of hydrogen-bond donors (Lipinski definition) is 1. The molecule has 3 aromatic rings. The first-order valence-corrected chi connectivity index (χ1v) is 6.36. The quantitative estimate of drug-likeness (QED) is 0.766. The van der Waals surface area contributed by atoms with Crippen molar-refractivity contribution in [3.8, 4) is 17.1 Å². The number of fused-ring (bicyclic) bond motifs is 1. The van der Waals surface area contributed by atoms with E-state index in [1.807, 2.05) is 35.0 Å². The highest BCUT2D eigenvalue weighted by molar-refractivity contribution is 7.08. The fraction of sp³-hybridized carbons (Fsp3) is 0.0769. The van der Waals surface area contributed by atoms with Crippen molar-refractivity contribution in [2.45, 2.75) is 0 Å². The third-order valence-corrected chi connectivity index (χ3v) is 3.39. The monoisotopic (exact) mass is 257 g/mol. The smallest absolute Gasteiger partial charge is 0.162 e. The van der Waals surface area contributed by atoms with Gasteiger partial charge < -0.3 is 10.5 Å². The molecule has 1 aromatic carbocycles. The number of methoxy groups -OCH3 is 1. The highest BCUT2D eigenvalue weighted by Crippen LogP contribution is 2.27. The molecule has 0 spiro atoms. The topological polar surface area (TPSA) is 61.0 Å². The maximum absolute atomic E-state index is 5.98. The zero-order valence-electron chi connectivity index (χ0n) is 9.75. The number of nitrogen functional groups attached to an aromatic ring is 1. The Morgan fingerprint density at radius 2 is 2.11 bits per heavy atom. The Hall–Kier alpha value is -2.14. The number of anilines is 1. The van der Waals surface area contributed by atoms with Gasteiger partial charge in [0.2, 0.25) is 0 Å². The molecule has 4 nitrogen and oxygen atoms in total. The summed E-state index contributed by atoms with van der Waals surface area (Å²) in [5, 5.41) is 4.81. The zero-order chi connectivity index (χ0) is 12.5. The second kappa shape index (κ2) is 4.27. The first-order chi connectivity index (χ1) is 8.78. The number of thiophene rings is 1. The molecule has 0 atom stereocenters. The normalized spacial score (nSPS) is 10.7. The number of aromatic nitrogens is 2. The Morgan fingerprint density at radius 3 is 2.83 bits per heavy atom. The lowest BCUT2D eigenvalue weighted by Crippen LogP contribution is -1.97. The second-order valence-corrected chi connectivity index (χ2v) is 4.61. The summed E-state index contributed by atoms with van der Waals surface area (Å²) in [7, 11) is 1.62. The number of benzene rings is 1. The molecule has 0 saturated heterocycles. The molecule has 0 amide bonds. The predicted molar refractivity (Wildman–Crippen MR) is 73.8 cm³/mol. The molecule has 2 N–H and O–H groups in total. The van der Waals surface area contributed by atoms with Gasteiger partial charge >= 0.3 is 0 Å². The maximum atomic E-state index is 5.98. The van der Waals surface area contributed by atoms with Crippen LogP contribution in [0.3, 0.4) is 0 Å². The van der Waals surface area contributed by atoms with Gasteiger partial charge in [-0.2, -0.15) is 11.3 Å². The van der Waals surface area contributed by atoms with Crippen LogP contribution in [0.2, 0.25) is 0 Å². The van der Waals surface area contributed by atoms with Gasteiger partial charge in [-0.05, 0) is 29.6 Å². The largest absolute Gasteiger partial charge is 0.497 e. The molecule has 0 aliphatic carbocycles. The third kappa shape index (κ3) is 1.78. The highest BCUT2D eigenvalue weighted by Gasteiger charge is 2.08. The lowest BCUT2D eigenvalue weighted by molar-refractivity contribution is 0.415. The number of nitrogens with zero attached hydrogens (tertiary/aromatic N) is 2. The Morgan fingerprint density at radius 1 is 1.22 bits per heavy atom. The van der Waals surface area contributed by atoms with Gasteiger partial charge in [0, 0.05) is 16.3 Å². The van der Waals surface area contributed by atoms with Gasteiger partial charge in [-0.1, -0.05) is 0 Å². The summed E-state index contributed by atoms with van der Waals surface area (Å²) in [4.78, 5) is 8.85. The van der Waals surface area contributed by atoms with E-state index in [2.05, 4.69) is 9.97 Å². The summed E-state index contributed by atoms with van der Waals surface area (Å²) < 4.78 is 5.17. The van der Waals surface area contributed by atoms with Gasteiger partial charge in [0.1, 0.15) is 11.6 Å². The number of rotatable bonds is 2. The molecule has 0 fully saturated rings. The van der Waals surface area contributed by atoms with Gasteiger partial charge in [-0.15, -0.1) is 0 Å². The van der Waals surface area contributed by atoms with E-state index in [1.54, 1.807) is 18.4 Å². The molecule has 3 rings (SSSR count). The minimum absolute atomic E-state index is 0.472. The predicted octanol–water partition coefficient (Wildman–Crippen LogP) is 2.95. The van der Waals surface area contributed by atoms with E-state index in [4.69, 9.17) is 10.5 Å². The van der Waals surface area contributed by atoms with E-state index in [0.29, 0.717) is 11.6 Å². The molecule has 0 saturated carbocycles. The minimum Gasteiger partial charge on any atom is -0.497 e. The van der Waals surface area contributed by atoms with Crippen LogP contribution in [-0.4, -0.2) is 17.1 Å². The second-order valence-electron chi connectivity index (χ2n) is 3.83. The lowest BCUT2D eigenvalue weighted by atomic mass is 10.2. The molecular weight excluding hydrogens is 246 g/mol. The molecule has 0 bridgehead atoms. The standard InChI is InChI=1S/C13H11N3OS/c1-17-9-2-3-11-10(6-9)12(14)16-13(15-11)8-4-5-18-7-8/h2-7H,1H3,(H2,14,15,16). The first-order valence-electron chi connectivity index (χ1n) is 5.42. The van der Waals surface area contributed by atoms with E-state index >= 15 is 0 Å². The third-order valence-electron chi connectivity index (χ3n) is 2.71. The average molecular weight is 257 g/mol. The molecule has 0 aliphatic rings. The van der Waals surface area contributed by atoms with Crippen molar-refractivity contribution in [3.63, 3.8) is 0 Å². The van der Waals surface area contributed by atoms with Crippen molar-refractivity contribution in [3.05, 3.63) is 35.0 Å². The molecule has 2 heterocycles. The van der Waals surface area contributed by atoms with Gasteiger partial charge in [0.05, 0.1) is 12.6 Å². The Labute approximate surface area is 108 Å². The van der Waals surface area contributed by atoms with E-state index in [-0.39, 0.29) is 0 Å². The van der Waals surface area contributed by atoms with Crippen molar-refractivity contribution in [2.75, 3.05) is 12.8 Å². The summed E-state index contributed by atoms with van der Waals surface area (Å²) in [5.41, 5.74) is 7.80. The summed E-state index contributed by atoms with van der Waals surface area (Å²) in [5.74, 6) is 1.88. The van der Waals surface area contributed by atoms with Crippen LogP contribution in [0.1, 0.15) is 0 Å². The Kier molecular flexibility index (Phi) is 2.60. The first kappa shape index (κ1) is 11.0. The molecular formula is C13H11N3OS. The molecule has 18 heavy (non-hydrogen) atoms. The van der Waals surface area contributed by atoms with E-state index in [9.17, 15) is 0 Å². The van der Waals surface area contributed by atoms with Crippen molar-refractivity contribution in [1.82, 2.24) is 9.97 Å². The highest BCUT2D eigenvalue weighted by atomic mass is 32.1. The van der Waals surface area contributed by atoms with Crippen LogP contribution in [0, 0.1) is 0 Å². The maximum Gasteiger partial charge on any atom is 0.162 e. The van der Waals surface area contributed by atoms with Gasteiger partial charge in [-0.3, -0.25) is 0 Å². The molecule has 90 valence electrons. The van der Waals surface area contributed by atoms with Crippen LogP contribution < -0.4 is 10.5 Å². The zero-order valence-corrected chi connectivity index (χ0v) is 10.6. The van der Waals surface area contributed by atoms with E-state index < -0.39 is 0 Å². The van der Waals surface area contributed by atoms with Crippen molar-refractivity contribution >= 4 is 28.1 Å². The molecule has 0 unspecified atom stereocenters. The number of ether oxygens (including phenoxy) is 1. The van der Waals surface area contributed by atoms with Crippen molar-refractivity contribution < 1.29 is 4.74 Å². The van der Waals surface area contributed by atoms with E-state index in [1.165, 1.54) is 0 Å². The van der Waals surface area contributed by atoms with Crippen molar-refractivity contribution in [2.24, 2.45) is 0 Å². The summed E-state index contributed by atoms with van der Waals surface area (Å²) >= 11 is 1.61. The molecule has 2 aromatic heterocycles. The SMILES string of the molecule is COc1ccc2nc(-c3ccsc3)nc(N)c2c1. The average Bonchev–Trinajstić information content (AvgIpc) is 2.92. The van der Waals surface area contributed by atoms with Crippen LogP contribution in [-0.2, 0) is 0 Å². The Bertz CT molecular complexity index is 695. The lowest BCUT2D eigenvalue weighted by Gasteiger charge is -2.06. The van der Waals surface area contributed by atoms with Crippen LogP contribution >= 0.6 is 11.3 Å². The fourth-order valence-corrected chi connectivity index (χ4v) is 2.41. The Balaban J connectivity index is 2.22. The van der Waals surface area contributed by atoms with Gasteiger partial charge in [0.25, 0.3) is 0 Å². The summed E-state index contributed by atoms with van der Waals surface area (Å²) in [6, 6.07) is 7.59. The number of hydrogen-bond acceptors (Lipinski definition) is 5. The fourth-order valence-electron chi connectivity index (χ4n) is 1.78. The molecule has 5 heteroatoms. The minimum atomic E-state index is 0.472. The molecule has 0 aliphatic heterocycles. The van der Waals surface area contributed by atoms with Crippen LogP contribution in [0.4, 0.5) is 5.82 Å².